The third-order valence-corrected chi connectivity index (χ3v) is 3.15. The molecule has 2 aromatic carbocycles. The van der Waals surface area contributed by atoms with E-state index in [9.17, 15) is 0 Å². The number of rotatable bonds is 4. The van der Waals surface area contributed by atoms with Crippen molar-refractivity contribution in [3.8, 4) is 28.7 Å². The van der Waals surface area contributed by atoms with Crippen molar-refractivity contribution in [2.24, 2.45) is 0 Å². The lowest BCUT2D eigenvalue weighted by atomic mass is 10.1. The van der Waals surface area contributed by atoms with Crippen molar-refractivity contribution in [3.63, 3.8) is 0 Å². The fourth-order valence-corrected chi connectivity index (χ4v) is 1.94. The Morgan fingerprint density at radius 3 is 1.78 bits per heavy atom. The smallest absolute Gasteiger partial charge is 0.248 e. The van der Waals surface area contributed by atoms with Crippen LogP contribution in [0, 0.1) is 0 Å². The maximum atomic E-state index is 9.03. The van der Waals surface area contributed by atoms with Gasteiger partial charge in [0.15, 0.2) is 0 Å². The Hall–Kier alpha value is -2.70. The van der Waals surface area contributed by atoms with Crippen molar-refractivity contribution >= 4 is 0 Å². The Labute approximate surface area is 134 Å². The maximum Gasteiger partial charge on any atom is 0.248 e. The van der Waals surface area contributed by atoms with Gasteiger partial charge in [-0.05, 0) is 42.0 Å². The van der Waals surface area contributed by atoms with E-state index in [4.69, 9.17) is 19.4 Å². The summed E-state index contributed by atoms with van der Waals surface area (Å²) in [4.78, 5) is 0. The van der Waals surface area contributed by atoms with Crippen LogP contribution >= 0.6 is 0 Å². The predicted molar refractivity (Wildman–Crippen MR) is 85.8 cm³/mol. The Bertz CT molecular complexity index is 659. The second-order valence-electron chi connectivity index (χ2n) is 4.50. The quantitative estimate of drug-likeness (QED) is 0.769. The van der Waals surface area contributed by atoms with E-state index in [1.807, 2.05) is 48.5 Å². The van der Waals surface area contributed by atoms with Crippen LogP contribution in [0.5, 0.6) is 5.75 Å². The van der Waals surface area contributed by atoms with Gasteiger partial charge in [-0.25, -0.2) is 0 Å². The SMILES string of the molecule is CO.COc1ccc(-c2nnc(-c3ccc(CO)cc3)o2)cc1. The highest BCUT2D eigenvalue weighted by atomic mass is 16.5. The Balaban J connectivity index is 0.000000924. The Kier molecular flexibility index (Phi) is 5.85. The topological polar surface area (TPSA) is 88.6 Å². The summed E-state index contributed by atoms with van der Waals surface area (Å²) in [5.41, 5.74) is 2.50. The molecule has 3 rings (SSSR count). The highest BCUT2D eigenvalue weighted by Crippen LogP contribution is 2.25. The molecule has 23 heavy (non-hydrogen) atoms. The van der Waals surface area contributed by atoms with Gasteiger partial charge >= 0.3 is 0 Å². The van der Waals surface area contributed by atoms with Gasteiger partial charge in [-0.1, -0.05) is 12.1 Å². The molecule has 120 valence electrons. The normalized spacial score (nSPS) is 9.91. The summed E-state index contributed by atoms with van der Waals surface area (Å²) in [5, 5.41) is 24.1. The molecule has 0 atom stereocenters. The van der Waals surface area contributed by atoms with E-state index >= 15 is 0 Å². The molecule has 2 N–H and O–H groups in total. The van der Waals surface area contributed by atoms with E-state index < -0.39 is 0 Å². The molecule has 0 aliphatic rings. The zero-order valence-corrected chi connectivity index (χ0v) is 12.9. The first-order chi connectivity index (χ1) is 11.3. The van der Waals surface area contributed by atoms with Crippen LogP contribution in [-0.2, 0) is 6.61 Å². The molecule has 3 aromatic rings. The third kappa shape index (κ3) is 3.94. The minimum Gasteiger partial charge on any atom is -0.497 e. The maximum absolute atomic E-state index is 9.03. The molecule has 1 heterocycles. The van der Waals surface area contributed by atoms with Crippen LogP contribution in [0.1, 0.15) is 5.56 Å². The van der Waals surface area contributed by atoms with Gasteiger partial charge in [-0.15, -0.1) is 10.2 Å². The summed E-state index contributed by atoms with van der Waals surface area (Å²) in [6.07, 6.45) is 0. The molecule has 0 saturated heterocycles. The van der Waals surface area contributed by atoms with Crippen LogP contribution in [0.15, 0.2) is 52.9 Å². The minimum atomic E-state index is 0.0151. The number of ether oxygens (including phenoxy) is 1. The number of hydrogen-bond acceptors (Lipinski definition) is 6. The van der Waals surface area contributed by atoms with Gasteiger partial charge in [-0.2, -0.15) is 0 Å². The number of benzene rings is 2. The number of aromatic nitrogens is 2. The van der Waals surface area contributed by atoms with E-state index in [1.54, 1.807) is 7.11 Å². The highest BCUT2D eigenvalue weighted by Gasteiger charge is 2.10. The van der Waals surface area contributed by atoms with Gasteiger partial charge in [0.25, 0.3) is 0 Å². The summed E-state index contributed by atoms with van der Waals surface area (Å²) < 4.78 is 10.8. The molecule has 0 amide bonds. The van der Waals surface area contributed by atoms with Crippen molar-refractivity contribution in [1.29, 1.82) is 0 Å². The van der Waals surface area contributed by atoms with Gasteiger partial charge < -0.3 is 19.4 Å². The van der Waals surface area contributed by atoms with E-state index in [1.165, 1.54) is 0 Å². The minimum absolute atomic E-state index is 0.0151. The number of aliphatic hydroxyl groups excluding tert-OH is 2. The Morgan fingerprint density at radius 1 is 0.870 bits per heavy atom. The van der Waals surface area contributed by atoms with Crippen LogP contribution in [0.3, 0.4) is 0 Å². The predicted octanol–water partition coefficient (Wildman–Crippen LogP) is 2.51. The standard InChI is InChI=1S/C16H14N2O3.CH4O/c1-20-14-8-6-13(7-9-14)16-18-17-15(21-16)12-4-2-11(10-19)3-5-12;1-2/h2-9,19H,10H2,1H3;2H,1H3. The van der Waals surface area contributed by atoms with Crippen LogP contribution in [0.2, 0.25) is 0 Å². The van der Waals surface area contributed by atoms with Crippen LogP contribution < -0.4 is 4.74 Å². The van der Waals surface area contributed by atoms with Crippen molar-refractivity contribution in [1.82, 2.24) is 10.2 Å². The first-order valence-corrected chi connectivity index (χ1v) is 6.93. The van der Waals surface area contributed by atoms with Crippen molar-refractivity contribution in [2.45, 2.75) is 6.61 Å². The number of methoxy groups -OCH3 is 1. The lowest BCUT2D eigenvalue weighted by molar-refractivity contribution is 0.282. The molecular weight excluding hydrogens is 296 g/mol. The summed E-state index contributed by atoms with van der Waals surface area (Å²) in [6.45, 7) is 0.0151. The first-order valence-electron chi connectivity index (χ1n) is 6.93. The van der Waals surface area contributed by atoms with E-state index in [0.717, 1.165) is 29.5 Å². The molecule has 6 nitrogen and oxygen atoms in total. The average molecular weight is 314 g/mol. The first kappa shape index (κ1) is 16.7. The molecule has 0 fully saturated rings. The third-order valence-electron chi connectivity index (χ3n) is 3.15. The Morgan fingerprint density at radius 2 is 1.35 bits per heavy atom. The summed E-state index contributed by atoms with van der Waals surface area (Å²) in [6, 6.07) is 14.8. The van der Waals surface area contributed by atoms with Crippen molar-refractivity contribution in [2.75, 3.05) is 14.2 Å². The van der Waals surface area contributed by atoms with E-state index in [2.05, 4.69) is 10.2 Å². The summed E-state index contributed by atoms with van der Waals surface area (Å²) >= 11 is 0. The average Bonchev–Trinajstić information content (AvgIpc) is 3.13. The monoisotopic (exact) mass is 314 g/mol. The largest absolute Gasteiger partial charge is 0.497 e. The van der Waals surface area contributed by atoms with Crippen LogP contribution in [0.4, 0.5) is 0 Å². The van der Waals surface area contributed by atoms with Gasteiger partial charge in [0.1, 0.15) is 5.75 Å². The molecule has 0 aliphatic heterocycles. The molecule has 6 heteroatoms. The molecular formula is C17H18N2O4. The molecule has 0 unspecified atom stereocenters. The van der Waals surface area contributed by atoms with Crippen LogP contribution in [0.25, 0.3) is 22.9 Å². The number of aliphatic hydroxyl groups is 2. The molecule has 0 spiro atoms. The fourth-order valence-electron chi connectivity index (χ4n) is 1.94. The van der Waals surface area contributed by atoms with Crippen LogP contribution in [-0.4, -0.2) is 34.6 Å². The van der Waals surface area contributed by atoms with Gasteiger partial charge in [-0.3, -0.25) is 0 Å². The fraction of sp³-hybridized carbons (Fsp3) is 0.176. The number of nitrogens with zero attached hydrogens (tertiary/aromatic N) is 2. The second-order valence-corrected chi connectivity index (χ2v) is 4.50. The second kappa shape index (κ2) is 8.07. The van der Waals surface area contributed by atoms with E-state index in [0.29, 0.717) is 11.8 Å². The molecule has 0 radical (unpaired) electrons. The van der Waals surface area contributed by atoms with Gasteiger partial charge in [0.2, 0.25) is 11.8 Å². The van der Waals surface area contributed by atoms with Gasteiger partial charge in [0, 0.05) is 18.2 Å². The lowest BCUT2D eigenvalue weighted by Crippen LogP contribution is -1.83. The summed E-state index contributed by atoms with van der Waals surface area (Å²) in [5.74, 6) is 1.68. The van der Waals surface area contributed by atoms with Gasteiger partial charge in [0.05, 0.1) is 13.7 Å². The highest BCUT2D eigenvalue weighted by molar-refractivity contribution is 5.58. The molecule has 0 aliphatic carbocycles. The van der Waals surface area contributed by atoms with Crippen molar-refractivity contribution < 1.29 is 19.4 Å². The van der Waals surface area contributed by atoms with E-state index in [-0.39, 0.29) is 6.61 Å². The molecule has 1 aromatic heterocycles. The summed E-state index contributed by atoms with van der Waals surface area (Å²) in [7, 11) is 2.62. The number of hydrogen-bond donors (Lipinski definition) is 2. The molecule has 0 saturated carbocycles. The lowest BCUT2D eigenvalue weighted by Gasteiger charge is -1.99. The zero-order chi connectivity index (χ0) is 16.7. The zero-order valence-electron chi connectivity index (χ0n) is 12.9. The van der Waals surface area contributed by atoms with Crippen molar-refractivity contribution in [3.05, 3.63) is 54.1 Å². The molecule has 0 bridgehead atoms.